The summed E-state index contributed by atoms with van der Waals surface area (Å²) in [7, 11) is -3.85. The quantitative estimate of drug-likeness (QED) is 0.100. The first-order chi connectivity index (χ1) is 12.6. The normalized spacial score (nSPS) is 16.7. The number of nitrogens with one attached hydrogen (secondary N) is 2. The van der Waals surface area contributed by atoms with Crippen LogP contribution in [0.2, 0.25) is 5.22 Å². The summed E-state index contributed by atoms with van der Waals surface area (Å²) in [5.41, 5.74) is -0.866. The maximum atomic E-state index is 12.3. The van der Waals surface area contributed by atoms with Gasteiger partial charge in [-0.25, -0.2) is 12.7 Å². The van der Waals surface area contributed by atoms with Gasteiger partial charge < -0.3 is 19.1 Å². The summed E-state index contributed by atoms with van der Waals surface area (Å²) in [5, 5.41) is 7.30. The molecule has 0 spiro atoms. The zero-order chi connectivity index (χ0) is 20.4. The molecule has 1 saturated heterocycles. The Labute approximate surface area is 189 Å². The predicted octanol–water partition coefficient (Wildman–Crippen LogP) is -4.35. The van der Waals surface area contributed by atoms with Crippen LogP contribution in [0.4, 0.5) is 6.01 Å². The molecule has 148 valence electrons. The molecule has 1 aromatic heterocycles. The number of oxime groups is 1. The van der Waals surface area contributed by atoms with Crippen molar-refractivity contribution in [2.75, 3.05) is 24.9 Å². The third-order valence-electron chi connectivity index (χ3n) is 3.04. The van der Waals surface area contributed by atoms with Gasteiger partial charge in [-0.15, -0.1) is 11.6 Å². The number of halogens is 2. The van der Waals surface area contributed by atoms with E-state index in [1.807, 2.05) is 0 Å². The number of amides is 3. The Bertz CT molecular complexity index is 920. The Morgan fingerprint density at radius 2 is 2.14 bits per heavy atom. The van der Waals surface area contributed by atoms with Gasteiger partial charge in [0.05, 0.1) is 6.54 Å². The number of nitrogens with zero attached hydrogens (tertiary/aromatic N) is 3. The van der Waals surface area contributed by atoms with Gasteiger partial charge in [0.2, 0.25) is 11.1 Å². The number of β-lactam (4-membered cyclic amide) rings is 1. The molecule has 17 heteroatoms. The number of aromatic nitrogens is 1. The molecule has 0 bridgehead atoms. The standard InChI is InChI=1S/C11H11Cl2N5O8S.Na/c1-25-17-7(6-8(13)26-11(16-6)15-5(19)2-12)9(20)14-4-3-18(10(4)21)27(22,23)24;/h4H,2-3H2,1H3,(H,14,20)(H,15,16,19)(H,22,23,24);/q;+1/p-1. The molecule has 2 heterocycles. The van der Waals surface area contributed by atoms with E-state index < -0.39 is 57.4 Å². The van der Waals surface area contributed by atoms with Crippen molar-refractivity contribution in [1.29, 1.82) is 0 Å². The Kier molecular flexibility index (Phi) is 8.67. The van der Waals surface area contributed by atoms with Crippen LogP contribution in [0.5, 0.6) is 0 Å². The van der Waals surface area contributed by atoms with Gasteiger partial charge in [0.15, 0.2) is 21.7 Å². The van der Waals surface area contributed by atoms with E-state index in [-0.39, 0.29) is 45.6 Å². The molecule has 1 aliphatic rings. The minimum absolute atomic E-state index is 0. The average molecular weight is 466 g/mol. The maximum absolute atomic E-state index is 12.3. The van der Waals surface area contributed by atoms with Crippen LogP contribution >= 0.6 is 23.2 Å². The van der Waals surface area contributed by atoms with Gasteiger partial charge in [0.1, 0.15) is 19.0 Å². The van der Waals surface area contributed by atoms with Crippen molar-refractivity contribution in [3.8, 4) is 0 Å². The van der Waals surface area contributed by atoms with Crippen LogP contribution in [0, 0.1) is 0 Å². The second-order valence-corrected chi connectivity index (χ2v) is 6.71. The van der Waals surface area contributed by atoms with Crippen molar-refractivity contribution in [2.24, 2.45) is 5.16 Å². The molecule has 0 saturated carbocycles. The van der Waals surface area contributed by atoms with E-state index >= 15 is 0 Å². The third-order valence-corrected chi connectivity index (χ3v) is 4.41. The van der Waals surface area contributed by atoms with Crippen LogP contribution in [-0.2, 0) is 29.5 Å². The number of carbonyl (C=O) groups excluding carboxylic acids is 3. The molecule has 0 aromatic carbocycles. The van der Waals surface area contributed by atoms with Crippen LogP contribution in [-0.4, -0.2) is 71.3 Å². The fraction of sp³-hybridized carbons (Fsp3) is 0.364. The molecule has 28 heavy (non-hydrogen) atoms. The Morgan fingerprint density at radius 3 is 2.64 bits per heavy atom. The van der Waals surface area contributed by atoms with Gasteiger partial charge >= 0.3 is 35.6 Å². The van der Waals surface area contributed by atoms with Gasteiger partial charge in [-0.05, 0) is 11.6 Å². The number of hydrogen-bond acceptors (Lipinski definition) is 10. The first kappa shape index (κ1) is 24.6. The zero-order valence-corrected chi connectivity index (χ0v) is 18.6. The van der Waals surface area contributed by atoms with E-state index in [4.69, 9.17) is 27.6 Å². The molecule has 2 N–H and O–H groups in total. The SMILES string of the molecule is CON=C(C(=O)NC1CN(S(=O)(=O)[O-])C1=O)c1nc(NC(=O)CCl)oc1Cl.[Na+]. The van der Waals surface area contributed by atoms with Gasteiger partial charge in [-0.1, -0.05) is 5.16 Å². The van der Waals surface area contributed by atoms with E-state index in [9.17, 15) is 27.4 Å². The molecule has 3 amide bonds. The molecule has 0 aliphatic carbocycles. The van der Waals surface area contributed by atoms with Crippen molar-refractivity contribution >= 4 is 63.0 Å². The summed E-state index contributed by atoms with van der Waals surface area (Å²) >= 11 is 11.1. The van der Waals surface area contributed by atoms with Gasteiger partial charge in [0, 0.05) is 0 Å². The number of hydrogen-bond donors (Lipinski definition) is 2. The topological polar surface area (TPSA) is 183 Å². The number of anilines is 1. The fourth-order valence-corrected chi connectivity index (χ4v) is 2.82. The molecule has 1 unspecified atom stereocenters. The van der Waals surface area contributed by atoms with Crippen molar-refractivity contribution in [3.63, 3.8) is 0 Å². The van der Waals surface area contributed by atoms with E-state index in [0.717, 1.165) is 7.11 Å². The Hall–Kier alpha value is -1.42. The zero-order valence-electron chi connectivity index (χ0n) is 14.3. The smallest absolute Gasteiger partial charge is 0.731 e. The molecule has 1 atom stereocenters. The second kappa shape index (κ2) is 9.87. The summed E-state index contributed by atoms with van der Waals surface area (Å²) in [6.07, 6.45) is 0. The summed E-state index contributed by atoms with van der Waals surface area (Å²) in [5.74, 6) is -3.19. The molecule has 13 nitrogen and oxygen atoms in total. The van der Waals surface area contributed by atoms with Gasteiger partial charge in [0.25, 0.3) is 11.8 Å². The largest absolute Gasteiger partial charge is 1.00 e. The Morgan fingerprint density at radius 1 is 1.50 bits per heavy atom. The maximum Gasteiger partial charge on any atom is 1.00 e. The monoisotopic (exact) mass is 465 g/mol. The average Bonchev–Trinajstić information content (AvgIpc) is 2.93. The Balaban J connectivity index is 0.00000392. The van der Waals surface area contributed by atoms with Crippen LogP contribution in [0.1, 0.15) is 5.69 Å². The minimum atomic E-state index is -4.96. The van der Waals surface area contributed by atoms with Crippen LogP contribution in [0.3, 0.4) is 0 Å². The molecular formula is C11H10Cl2N5NaO8S. The number of alkyl halides is 1. The van der Waals surface area contributed by atoms with Crippen LogP contribution < -0.4 is 40.2 Å². The molecule has 2 rings (SSSR count). The van der Waals surface area contributed by atoms with Crippen molar-refractivity contribution < 1.29 is 66.2 Å². The number of carbonyl (C=O) groups is 3. The molecular weight excluding hydrogens is 456 g/mol. The van der Waals surface area contributed by atoms with Crippen LogP contribution in [0.15, 0.2) is 9.57 Å². The summed E-state index contributed by atoms with van der Waals surface area (Å²) in [4.78, 5) is 43.4. The summed E-state index contributed by atoms with van der Waals surface area (Å²) in [6.45, 7) is -0.541. The van der Waals surface area contributed by atoms with E-state index in [0.29, 0.717) is 0 Å². The van der Waals surface area contributed by atoms with Gasteiger partial charge in [-0.2, -0.15) is 4.98 Å². The van der Waals surface area contributed by atoms with Crippen molar-refractivity contribution in [1.82, 2.24) is 14.6 Å². The van der Waals surface area contributed by atoms with E-state index in [2.05, 4.69) is 25.6 Å². The van der Waals surface area contributed by atoms with Gasteiger partial charge in [-0.3, -0.25) is 19.7 Å². The molecule has 1 fully saturated rings. The third kappa shape index (κ3) is 5.56. The molecule has 1 aromatic rings. The second-order valence-electron chi connectivity index (χ2n) is 4.80. The number of oxazole rings is 1. The van der Waals surface area contributed by atoms with E-state index in [1.54, 1.807) is 0 Å². The first-order valence-corrected chi connectivity index (χ1v) is 9.08. The molecule has 1 aliphatic heterocycles. The van der Waals surface area contributed by atoms with E-state index in [1.165, 1.54) is 0 Å². The first-order valence-electron chi connectivity index (χ1n) is 6.80. The fourth-order valence-electron chi connectivity index (χ4n) is 1.87. The number of rotatable bonds is 7. The van der Waals surface area contributed by atoms with Crippen molar-refractivity contribution in [3.05, 3.63) is 10.9 Å². The summed E-state index contributed by atoms with van der Waals surface area (Å²) < 4.78 is 37.3. The van der Waals surface area contributed by atoms with Crippen LogP contribution in [0.25, 0.3) is 0 Å². The predicted molar refractivity (Wildman–Crippen MR) is 87.7 cm³/mol. The minimum Gasteiger partial charge on any atom is -0.731 e. The van der Waals surface area contributed by atoms with Crippen molar-refractivity contribution in [2.45, 2.75) is 6.04 Å². The molecule has 0 radical (unpaired) electrons. The summed E-state index contributed by atoms with van der Waals surface area (Å²) in [6, 6.07) is -1.65.